The van der Waals surface area contributed by atoms with E-state index in [1.54, 1.807) is 6.07 Å². The van der Waals surface area contributed by atoms with Gasteiger partial charge in [0.05, 0.1) is 5.69 Å². The van der Waals surface area contributed by atoms with Gasteiger partial charge in [-0.05, 0) is 36.8 Å². The van der Waals surface area contributed by atoms with E-state index in [2.05, 4.69) is 21.2 Å². The molecule has 0 aliphatic heterocycles. The van der Waals surface area contributed by atoms with Crippen LogP contribution in [-0.4, -0.2) is 18.0 Å². The highest BCUT2D eigenvalue weighted by Gasteiger charge is 2.18. The lowest BCUT2D eigenvalue weighted by Crippen LogP contribution is -2.29. The first-order valence-corrected chi connectivity index (χ1v) is 8.05. The van der Waals surface area contributed by atoms with E-state index in [0.717, 1.165) is 22.2 Å². The molecule has 0 unspecified atom stereocenters. The first kappa shape index (κ1) is 18.8. The van der Waals surface area contributed by atoms with Gasteiger partial charge in [-0.25, -0.2) is 13.6 Å². The van der Waals surface area contributed by atoms with E-state index in [1.807, 2.05) is 18.2 Å². The third-order valence-electron chi connectivity index (χ3n) is 3.16. The van der Waals surface area contributed by atoms with Crippen LogP contribution < -0.4 is 5.32 Å². The third kappa shape index (κ3) is 5.49. The zero-order valence-electron chi connectivity index (χ0n) is 13.1. The fourth-order valence-corrected chi connectivity index (χ4v) is 2.28. The number of nitrogens with one attached hydrogen (secondary N) is 1. The van der Waals surface area contributed by atoms with Gasteiger partial charge in [-0.3, -0.25) is 4.79 Å². The summed E-state index contributed by atoms with van der Waals surface area (Å²) in [6, 6.07) is 10.00. The van der Waals surface area contributed by atoms with Gasteiger partial charge >= 0.3 is 5.97 Å². The molecule has 0 bridgehead atoms. The third-order valence-corrected chi connectivity index (χ3v) is 3.88. The molecular formula is C18H14BrF2NO3. The van der Waals surface area contributed by atoms with Crippen LogP contribution in [0, 0.1) is 11.6 Å². The maximum absolute atomic E-state index is 13.5. The molecule has 0 radical (unpaired) electrons. The van der Waals surface area contributed by atoms with E-state index in [4.69, 9.17) is 4.74 Å². The molecule has 2 aromatic rings. The molecule has 1 amide bonds. The Kier molecular flexibility index (Phi) is 6.41. The number of hydrogen-bond donors (Lipinski definition) is 1. The molecule has 0 aromatic heterocycles. The minimum absolute atomic E-state index is 0.196. The summed E-state index contributed by atoms with van der Waals surface area (Å²) in [6.07, 6.45) is 1.57. The molecule has 0 saturated heterocycles. The minimum Gasteiger partial charge on any atom is -0.449 e. The van der Waals surface area contributed by atoms with Crippen LogP contribution in [-0.2, 0) is 14.3 Å². The van der Waals surface area contributed by atoms with Crippen molar-refractivity contribution in [3.8, 4) is 0 Å². The van der Waals surface area contributed by atoms with E-state index in [1.165, 1.54) is 19.1 Å². The van der Waals surface area contributed by atoms with E-state index < -0.39 is 29.6 Å². The lowest BCUT2D eigenvalue weighted by molar-refractivity contribution is -0.148. The Morgan fingerprint density at radius 3 is 2.60 bits per heavy atom. The number of halogens is 3. The van der Waals surface area contributed by atoms with Crippen LogP contribution in [0.15, 0.2) is 53.0 Å². The second-order valence-electron chi connectivity index (χ2n) is 5.05. The number of rotatable bonds is 5. The molecule has 2 aromatic carbocycles. The molecule has 0 heterocycles. The molecule has 0 fully saturated rings. The van der Waals surface area contributed by atoms with E-state index in [-0.39, 0.29) is 5.69 Å². The highest BCUT2D eigenvalue weighted by atomic mass is 79.9. The number of anilines is 1. The van der Waals surface area contributed by atoms with Gasteiger partial charge in [-0.15, -0.1) is 0 Å². The average molecular weight is 410 g/mol. The van der Waals surface area contributed by atoms with E-state index in [9.17, 15) is 18.4 Å². The summed E-state index contributed by atoms with van der Waals surface area (Å²) in [4.78, 5) is 23.7. The van der Waals surface area contributed by atoms with E-state index >= 15 is 0 Å². The fourth-order valence-electron chi connectivity index (χ4n) is 1.86. The van der Waals surface area contributed by atoms with Gasteiger partial charge in [0.2, 0.25) is 0 Å². The van der Waals surface area contributed by atoms with Gasteiger partial charge in [0, 0.05) is 16.6 Å². The minimum atomic E-state index is -1.15. The largest absolute Gasteiger partial charge is 0.449 e. The maximum atomic E-state index is 13.5. The van der Waals surface area contributed by atoms with Gasteiger partial charge < -0.3 is 10.1 Å². The van der Waals surface area contributed by atoms with Gasteiger partial charge in [0.25, 0.3) is 5.91 Å². The Morgan fingerprint density at radius 2 is 1.92 bits per heavy atom. The average Bonchev–Trinajstić information content (AvgIpc) is 2.56. The van der Waals surface area contributed by atoms with Gasteiger partial charge in [-0.2, -0.15) is 0 Å². The Morgan fingerprint density at radius 1 is 1.20 bits per heavy atom. The van der Waals surface area contributed by atoms with Crippen LogP contribution in [0.2, 0.25) is 0 Å². The molecule has 1 N–H and O–H groups in total. The van der Waals surface area contributed by atoms with Crippen LogP contribution in [0.25, 0.3) is 6.08 Å². The molecule has 0 spiro atoms. The molecular weight excluding hydrogens is 396 g/mol. The summed E-state index contributed by atoms with van der Waals surface area (Å²) < 4.78 is 32.1. The van der Waals surface area contributed by atoms with Crippen LogP contribution in [0.4, 0.5) is 14.5 Å². The first-order chi connectivity index (χ1) is 11.9. The molecule has 130 valence electrons. The summed E-state index contributed by atoms with van der Waals surface area (Å²) in [5, 5.41) is 2.24. The number of carbonyl (C=O) groups excluding carboxylic acids is 2. The SMILES string of the molecule is C[C@H](OC(=O)/C=C/c1ccccc1Br)C(=O)Nc1ccc(F)cc1F. The second-order valence-corrected chi connectivity index (χ2v) is 5.90. The summed E-state index contributed by atoms with van der Waals surface area (Å²) in [6.45, 7) is 1.35. The number of benzene rings is 2. The lowest BCUT2D eigenvalue weighted by atomic mass is 10.2. The van der Waals surface area contributed by atoms with Gasteiger partial charge in [-0.1, -0.05) is 34.1 Å². The molecule has 2 rings (SSSR count). The normalized spacial score (nSPS) is 12.0. The van der Waals surface area contributed by atoms with Crippen molar-refractivity contribution in [2.24, 2.45) is 0 Å². The molecule has 1 atom stereocenters. The van der Waals surface area contributed by atoms with Gasteiger partial charge in [0.15, 0.2) is 6.10 Å². The Labute approximate surface area is 151 Å². The number of esters is 1. The fraction of sp³-hybridized carbons (Fsp3) is 0.111. The number of carbonyl (C=O) groups is 2. The smallest absolute Gasteiger partial charge is 0.331 e. The Hall–Kier alpha value is -2.54. The number of ether oxygens (including phenoxy) is 1. The van der Waals surface area contributed by atoms with Crippen molar-refractivity contribution >= 4 is 39.6 Å². The Bertz CT molecular complexity index is 824. The molecule has 25 heavy (non-hydrogen) atoms. The standard InChI is InChI=1S/C18H14BrF2NO3/c1-11(18(24)22-16-8-7-13(20)10-15(16)21)25-17(23)9-6-12-4-2-3-5-14(12)19/h2-11H,1H3,(H,22,24)/b9-6+/t11-/m0/s1. The predicted molar refractivity (Wildman–Crippen MR) is 93.7 cm³/mol. The maximum Gasteiger partial charge on any atom is 0.331 e. The monoisotopic (exact) mass is 409 g/mol. The van der Waals surface area contributed by atoms with Crippen molar-refractivity contribution in [3.63, 3.8) is 0 Å². The zero-order valence-corrected chi connectivity index (χ0v) is 14.7. The van der Waals surface area contributed by atoms with Gasteiger partial charge in [0.1, 0.15) is 11.6 Å². The van der Waals surface area contributed by atoms with Crippen molar-refractivity contribution in [1.29, 1.82) is 0 Å². The second kappa shape index (κ2) is 8.53. The Balaban J connectivity index is 1.94. The van der Waals surface area contributed by atoms with E-state index in [0.29, 0.717) is 6.07 Å². The van der Waals surface area contributed by atoms with Crippen LogP contribution in [0.1, 0.15) is 12.5 Å². The van der Waals surface area contributed by atoms with Crippen molar-refractivity contribution < 1.29 is 23.1 Å². The molecule has 0 aliphatic rings. The molecule has 0 saturated carbocycles. The molecule has 4 nitrogen and oxygen atoms in total. The van der Waals surface area contributed by atoms with Crippen molar-refractivity contribution in [1.82, 2.24) is 0 Å². The zero-order chi connectivity index (χ0) is 18.4. The van der Waals surface area contributed by atoms with Crippen molar-refractivity contribution in [2.45, 2.75) is 13.0 Å². The summed E-state index contributed by atoms with van der Waals surface area (Å²) >= 11 is 3.34. The number of amides is 1. The summed E-state index contributed by atoms with van der Waals surface area (Å²) in [7, 11) is 0. The van der Waals surface area contributed by atoms with Crippen LogP contribution >= 0.6 is 15.9 Å². The van der Waals surface area contributed by atoms with Crippen LogP contribution in [0.5, 0.6) is 0 Å². The summed E-state index contributed by atoms with van der Waals surface area (Å²) in [5.74, 6) is -3.13. The summed E-state index contributed by atoms with van der Waals surface area (Å²) in [5.41, 5.74) is 0.572. The van der Waals surface area contributed by atoms with Crippen molar-refractivity contribution in [2.75, 3.05) is 5.32 Å². The molecule has 7 heteroatoms. The predicted octanol–water partition coefficient (Wildman–Crippen LogP) is 4.31. The quantitative estimate of drug-likeness (QED) is 0.591. The number of hydrogen-bond acceptors (Lipinski definition) is 3. The highest BCUT2D eigenvalue weighted by molar-refractivity contribution is 9.10. The first-order valence-electron chi connectivity index (χ1n) is 7.26. The topological polar surface area (TPSA) is 55.4 Å². The van der Waals surface area contributed by atoms with Crippen LogP contribution in [0.3, 0.4) is 0 Å². The molecule has 0 aliphatic carbocycles. The highest BCUT2D eigenvalue weighted by Crippen LogP contribution is 2.17. The lowest BCUT2D eigenvalue weighted by Gasteiger charge is -2.12. The van der Waals surface area contributed by atoms with Crippen molar-refractivity contribution in [3.05, 3.63) is 70.2 Å².